The molecule has 2 atom stereocenters. The second-order valence-corrected chi connectivity index (χ2v) is 4.39. The zero-order chi connectivity index (χ0) is 12.1. The third-order valence-corrected chi connectivity index (χ3v) is 2.07. The first kappa shape index (κ1) is 14.8. The maximum atomic E-state index is 12.9. The molecule has 3 N–H and O–H groups in total. The van der Waals surface area contributed by atoms with Crippen LogP contribution in [0, 0.1) is 0 Å². The second kappa shape index (κ2) is 5.75. The SMILES string of the molecule is CC(C)(O)O.CC1(CCO)OCC[C@H]1F.[HH]. The van der Waals surface area contributed by atoms with Crippen molar-refractivity contribution in [3.05, 3.63) is 0 Å². The molecule has 5 heteroatoms. The van der Waals surface area contributed by atoms with Crippen LogP contribution in [0.2, 0.25) is 0 Å². The molecule has 0 aromatic heterocycles. The van der Waals surface area contributed by atoms with E-state index in [0.29, 0.717) is 19.4 Å². The van der Waals surface area contributed by atoms with Crippen molar-refractivity contribution >= 4 is 0 Å². The van der Waals surface area contributed by atoms with Gasteiger partial charge >= 0.3 is 0 Å². The zero-order valence-corrected chi connectivity index (χ0v) is 9.53. The maximum absolute atomic E-state index is 12.9. The van der Waals surface area contributed by atoms with Gasteiger partial charge in [0, 0.05) is 20.9 Å². The van der Waals surface area contributed by atoms with Crippen LogP contribution in [0.15, 0.2) is 0 Å². The van der Waals surface area contributed by atoms with Gasteiger partial charge in [-0.05, 0) is 20.8 Å². The van der Waals surface area contributed by atoms with Gasteiger partial charge in [-0.1, -0.05) is 0 Å². The molecule has 0 aromatic carbocycles. The highest BCUT2D eigenvalue weighted by atomic mass is 19.1. The van der Waals surface area contributed by atoms with Crippen LogP contribution in [-0.4, -0.2) is 46.1 Å². The molecule has 4 nitrogen and oxygen atoms in total. The largest absolute Gasteiger partial charge is 0.396 e. The Morgan fingerprint density at radius 2 is 2.00 bits per heavy atom. The maximum Gasteiger partial charge on any atom is 0.156 e. The highest BCUT2D eigenvalue weighted by Crippen LogP contribution is 2.30. The summed E-state index contributed by atoms with van der Waals surface area (Å²) in [5, 5.41) is 24.7. The summed E-state index contributed by atoms with van der Waals surface area (Å²) in [7, 11) is 0. The fraction of sp³-hybridized carbons (Fsp3) is 1.00. The molecule has 0 amide bonds. The van der Waals surface area contributed by atoms with E-state index in [9.17, 15) is 4.39 Å². The number of hydrogen-bond acceptors (Lipinski definition) is 4. The van der Waals surface area contributed by atoms with Crippen LogP contribution >= 0.6 is 0 Å². The van der Waals surface area contributed by atoms with Gasteiger partial charge in [0.15, 0.2) is 5.79 Å². The van der Waals surface area contributed by atoms with E-state index in [1.807, 2.05) is 0 Å². The normalized spacial score (nSPS) is 31.0. The highest BCUT2D eigenvalue weighted by molar-refractivity contribution is 4.88. The fourth-order valence-electron chi connectivity index (χ4n) is 1.24. The minimum Gasteiger partial charge on any atom is -0.396 e. The predicted octanol–water partition coefficient (Wildman–Crippen LogP) is 0.839. The topological polar surface area (TPSA) is 69.9 Å². The number of aliphatic hydroxyl groups excluding tert-OH is 1. The molecule has 1 heterocycles. The number of ether oxygens (including phenoxy) is 1. The molecule has 0 aliphatic carbocycles. The Bertz CT molecular complexity index is 180. The number of alkyl halides is 1. The van der Waals surface area contributed by atoms with Crippen LogP contribution in [0.4, 0.5) is 4.39 Å². The van der Waals surface area contributed by atoms with Gasteiger partial charge in [0.25, 0.3) is 0 Å². The van der Waals surface area contributed by atoms with Crippen LogP contribution in [0.1, 0.15) is 35.0 Å². The quantitative estimate of drug-likeness (QED) is 0.610. The molecule has 15 heavy (non-hydrogen) atoms. The van der Waals surface area contributed by atoms with Crippen LogP contribution in [0.25, 0.3) is 0 Å². The van der Waals surface area contributed by atoms with Gasteiger partial charge in [0.1, 0.15) is 6.17 Å². The molecule has 1 fully saturated rings. The first-order chi connectivity index (χ1) is 6.69. The van der Waals surface area contributed by atoms with Crippen LogP contribution in [0.5, 0.6) is 0 Å². The van der Waals surface area contributed by atoms with Crippen molar-refractivity contribution in [2.24, 2.45) is 0 Å². The molecule has 1 rings (SSSR count). The van der Waals surface area contributed by atoms with E-state index in [1.165, 1.54) is 13.8 Å². The molecule has 1 saturated heterocycles. The first-order valence-electron chi connectivity index (χ1n) is 5.02. The average Bonchev–Trinajstić information content (AvgIpc) is 2.29. The number of halogens is 1. The van der Waals surface area contributed by atoms with Crippen molar-refractivity contribution in [2.45, 2.75) is 51.2 Å². The highest BCUT2D eigenvalue weighted by Gasteiger charge is 2.39. The molecule has 1 aliphatic rings. The summed E-state index contributed by atoms with van der Waals surface area (Å²) in [6.07, 6.45) is -0.0374. The Balaban J connectivity index is 0. The summed E-state index contributed by atoms with van der Waals surface area (Å²) >= 11 is 0. The minimum absolute atomic E-state index is 0. The van der Waals surface area contributed by atoms with Gasteiger partial charge in [0.2, 0.25) is 0 Å². The van der Waals surface area contributed by atoms with Gasteiger partial charge in [-0.3, -0.25) is 0 Å². The van der Waals surface area contributed by atoms with E-state index in [1.54, 1.807) is 6.92 Å². The van der Waals surface area contributed by atoms with Crippen molar-refractivity contribution < 1.29 is 25.9 Å². The molecule has 94 valence electrons. The van der Waals surface area contributed by atoms with Gasteiger partial charge < -0.3 is 20.1 Å². The standard InChI is InChI=1S/C7H13FO2.C3H8O2.H2/c1-7(3-4-9)6(8)2-5-10-7;1-3(2,4)5;/h6,9H,2-5H2,1H3;4-5H,1-2H3;1H/t6-,7?;;/m1../s1. The lowest BCUT2D eigenvalue weighted by Gasteiger charge is -2.24. The van der Waals surface area contributed by atoms with E-state index >= 15 is 0 Å². The van der Waals surface area contributed by atoms with Gasteiger partial charge in [-0.15, -0.1) is 0 Å². The minimum atomic E-state index is -1.50. The molecule has 0 bridgehead atoms. The van der Waals surface area contributed by atoms with E-state index < -0.39 is 17.6 Å². The number of hydrogen-bond donors (Lipinski definition) is 3. The Hall–Kier alpha value is -0.230. The van der Waals surface area contributed by atoms with E-state index in [-0.39, 0.29) is 8.03 Å². The van der Waals surface area contributed by atoms with Crippen molar-refractivity contribution in [1.29, 1.82) is 0 Å². The molecule has 0 saturated carbocycles. The summed E-state index contributed by atoms with van der Waals surface area (Å²) < 4.78 is 18.1. The summed E-state index contributed by atoms with van der Waals surface area (Å²) in [6.45, 7) is 4.79. The summed E-state index contributed by atoms with van der Waals surface area (Å²) in [5.74, 6) is -1.50. The lowest BCUT2D eigenvalue weighted by Crippen LogP contribution is -2.33. The monoisotopic (exact) mass is 226 g/mol. The fourth-order valence-corrected chi connectivity index (χ4v) is 1.24. The van der Waals surface area contributed by atoms with Gasteiger partial charge in [-0.2, -0.15) is 0 Å². The van der Waals surface area contributed by atoms with Crippen LogP contribution in [-0.2, 0) is 4.74 Å². The van der Waals surface area contributed by atoms with Crippen molar-refractivity contribution in [3.63, 3.8) is 0 Å². The van der Waals surface area contributed by atoms with Crippen molar-refractivity contribution in [3.8, 4) is 0 Å². The van der Waals surface area contributed by atoms with E-state index in [0.717, 1.165) is 0 Å². The zero-order valence-electron chi connectivity index (χ0n) is 9.53. The molecule has 0 spiro atoms. The molecule has 1 unspecified atom stereocenters. The molecule has 1 aliphatic heterocycles. The Kier molecular flexibility index (Phi) is 5.66. The lowest BCUT2D eigenvalue weighted by molar-refractivity contribution is -0.127. The van der Waals surface area contributed by atoms with Crippen LogP contribution in [0.3, 0.4) is 0 Å². The lowest BCUT2D eigenvalue weighted by atomic mass is 9.97. The third-order valence-electron chi connectivity index (χ3n) is 2.07. The van der Waals surface area contributed by atoms with E-state index in [4.69, 9.17) is 20.1 Å². The molecule has 0 aromatic rings. The predicted molar refractivity (Wildman–Crippen MR) is 56.2 cm³/mol. The third kappa shape index (κ3) is 6.78. The smallest absolute Gasteiger partial charge is 0.156 e. The van der Waals surface area contributed by atoms with Gasteiger partial charge in [-0.25, -0.2) is 4.39 Å². The first-order valence-corrected chi connectivity index (χ1v) is 5.02. The summed E-state index contributed by atoms with van der Waals surface area (Å²) in [5.41, 5.74) is -0.714. The number of rotatable bonds is 2. The summed E-state index contributed by atoms with van der Waals surface area (Å²) in [4.78, 5) is 0. The second-order valence-electron chi connectivity index (χ2n) is 4.39. The van der Waals surface area contributed by atoms with Crippen molar-refractivity contribution in [1.82, 2.24) is 0 Å². The Morgan fingerprint density at radius 1 is 1.53 bits per heavy atom. The van der Waals surface area contributed by atoms with Gasteiger partial charge in [0.05, 0.1) is 12.2 Å². The van der Waals surface area contributed by atoms with Crippen LogP contribution < -0.4 is 0 Å². The molecular weight excluding hydrogens is 203 g/mol. The van der Waals surface area contributed by atoms with E-state index in [2.05, 4.69) is 0 Å². The Labute approximate surface area is 91.2 Å². The summed E-state index contributed by atoms with van der Waals surface area (Å²) in [6, 6.07) is 0. The molecular formula is C10H23FO4. The molecule has 0 radical (unpaired) electrons. The van der Waals surface area contributed by atoms with Crippen molar-refractivity contribution in [2.75, 3.05) is 13.2 Å². The number of aliphatic hydroxyl groups is 3. The Morgan fingerprint density at radius 3 is 2.27 bits per heavy atom. The average molecular weight is 226 g/mol.